The lowest BCUT2D eigenvalue weighted by molar-refractivity contribution is 0.127. The second kappa shape index (κ2) is 5.89. The van der Waals surface area contributed by atoms with E-state index in [4.69, 9.17) is 5.26 Å². The molecule has 0 aliphatic carbocycles. The van der Waals surface area contributed by atoms with E-state index >= 15 is 0 Å². The van der Waals surface area contributed by atoms with Crippen molar-refractivity contribution in [1.29, 1.82) is 5.26 Å². The molecule has 0 radical (unpaired) electrons. The van der Waals surface area contributed by atoms with Crippen molar-refractivity contribution in [1.82, 2.24) is 4.57 Å². The van der Waals surface area contributed by atoms with Crippen LogP contribution in [0, 0.1) is 23.1 Å². The molecule has 1 atom stereocenters. The summed E-state index contributed by atoms with van der Waals surface area (Å²) in [4.78, 5) is 0. The van der Waals surface area contributed by atoms with Crippen molar-refractivity contribution in [2.45, 2.75) is 26.5 Å². The van der Waals surface area contributed by atoms with Gasteiger partial charge in [-0.3, -0.25) is 0 Å². The Hall–Kier alpha value is -2.12. The molecule has 0 aliphatic heterocycles. The molecule has 0 amide bonds. The van der Waals surface area contributed by atoms with Crippen LogP contribution in [0.15, 0.2) is 36.7 Å². The molecule has 0 saturated heterocycles. The summed E-state index contributed by atoms with van der Waals surface area (Å²) in [5, 5.41) is 18.8. The Labute approximate surface area is 117 Å². The number of aliphatic hydroxyl groups excluding tert-OH is 1. The number of aromatic nitrogens is 1. The van der Waals surface area contributed by atoms with Gasteiger partial charge in [0.2, 0.25) is 0 Å². The van der Waals surface area contributed by atoms with Gasteiger partial charge in [-0.05, 0) is 35.7 Å². The average Bonchev–Trinajstić information content (AvgIpc) is 2.88. The number of halogens is 1. The third-order valence-electron chi connectivity index (χ3n) is 3.27. The van der Waals surface area contributed by atoms with Gasteiger partial charge in [-0.2, -0.15) is 5.26 Å². The predicted octanol–water partition coefficient (Wildman–Crippen LogP) is 3.24. The fraction of sp³-hybridized carbons (Fsp3) is 0.312. The van der Waals surface area contributed by atoms with E-state index in [9.17, 15) is 9.50 Å². The van der Waals surface area contributed by atoms with Crippen molar-refractivity contribution in [3.8, 4) is 6.07 Å². The second-order valence-electron chi connectivity index (χ2n) is 5.22. The van der Waals surface area contributed by atoms with Gasteiger partial charge in [0.1, 0.15) is 5.82 Å². The van der Waals surface area contributed by atoms with Crippen molar-refractivity contribution < 1.29 is 9.50 Å². The number of rotatable bonds is 4. The molecule has 0 bridgehead atoms. The molecule has 0 aliphatic rings. The van der Waals surface area contributed by atoms with E-state index in [0.29, 0.717) is 17.7 Å². The molecule has 1 unspecified atom stereocenters. The van der Waals surface area contributed by atoms with E-state index in [0.717, 1.165) is 5.56 Å². The number of nitriles is 1. The zero-order chi connectivity index (χ0) is 14.7. The van der Waals surface area contributed by atoms with Crippen molar-refractivity contribution in [2.75, 3.05) is 0 Å². The summed E-state index contributed by atoms with van der Waals surface area (Å²) in [7, 11) is 0. The molecule has 1 N–H and O–H groups in total. The van der Waals surface area contributed by atoms with Gasteiger partial charge in [0.25, 0.3) is 0 Å². The van der Waals surface area contributed by atoms with Gasteiger partial charge >= 0.3 is 0 Å². The molecule has 1 aromatic carbocycles. The highest BCUT2D eigenvalue weighted by Gasteiger charge is 2.13. The Kier molecular flexibility index (Phi) is 4.21. The summed E-state index contributed by atoms with van der Waals surface area (Å²) in [5.41, 5.74) is 1.72. The van der Waals surface area contributed by atoms with Crippen LogP contribution >= 0.6 is 0 Å². The first-order valence-electron chi connectivity index (χ1n) is 6.53. The van der Waals surface area contributed by atoms with Crippen molar-refractivity contribution in [3.05, 3.63) is 59.2 Å². The predicted molar refractivity (Wildman–Crippen MR) is 74.4 cm³/mol. The first kappa shape index (κ1) is 14.3. The van der Waals surface area contributed by atoms with Gasteiger partial charge in [0.05, 0.1) is 17.7 Å². The maximum Gasteiger partial charge on any atom is 0.128 e. The van der Waals surface area contributed by atoms with E-state index in [2.05, 4.69) is 0 Å². The van der Waals surface area contributed by atoms with Gasteiger partial charge in [0.15, 0.2) is 0 Å². The maximum absolute atomic E-state index is 13.7. The van der Waals surface area contributed by atoms with Crippen LogP contribution in [-0.2, 0) is 6.54 Å². The van der Waals surface area contributed by atoms with Crippen LogP contribution in [-0.4, -0.2) is 9.67 Å². The lowest BCUT2D eigenvalue weighted by atomic mass is 10.0. The highest BCUT2D eigenvalue weighted by atomic mass is 19.1. The number of benzene rings is 1. The van der Waals surface area contributed by atoms with Crippen LogP contribution in [0.2, 0.25) is 0 Å². The lowest BCUT2D eigenvalue weighted by Crippen LogP contribution is -2.05. The minimum absolute atomic E-state index is 0.129. The SMILES string of the molecule is CC(C)C(O)c1ccn(Cc2cc(C#N)ccc2F)c1. The lowest BCUT2D eigenvalue weighted by Gasteiger charge is -2.12. The highest BCUT2D eigenvalue weighted by Crippen LogP contribution is 2.22. The fourth-order valence-corrected chi connectivity index (χ4v) is 2.08. The van der Waals surface area contributed by atoms with Gasteiger partial charge in [0, 0.05) is 24.5 Å². The summed E-state index contributed by atoms with van der Waals surface area (Å²) in [6.07, 6.45) is 3.09. The third-order valence-corrected chi connectivity index (χ3v) is 3.27. The topological polar surface area (TPSA) is 49.0 Å². The molecule has 3 nitrogen and oxygen atoms in total. The van der Waals surface area contributed by atoms with Crippen molar-refractivity contribution in [3.63, 3.8) is 0 Å². The molecular weight excluding hydrogens is 255 g/mol. The molecule has 1 aromatic heterocycles. The second-order valence-corrected chi connectivity index (χ2v) is 5.22. The summed E-state index contributed by atoms with van der Waals surface area (Å²) in [6.45, 7) is 4.22. The van der Waals surface area contributed by atoms with Crippen molar-refractivity contribution in [2.24, 2.45) is 5.92 Å². The maximum atomic E-state index is 13.7. The highest BCUT2D eigenvalue weighted by molar-refractivity contribution is 5.34. The minimum atomic E-state index is -0.522. The average molecular weight is 272 g/mol. The summed E-state index contributed by atoms with van der Waals surface area (Å²) < 4.78 is 15.5. The summed E-state index contributed by atoms with van der Waals surface area (Å²) in [5.74, 6) is -0.201. The van der Waals surface area contributed by atoms with E-state index in [1.807, 2.05) is 32.2 Å². The zero-order valence-electron chi connectivity index (χ0n) is 11.5. The van der Waals surface area contributed by atoms with Gasteiger partial charge in [-0.15, -0.1) is 0 Å². The first-order valence-corrected chi connectivity index (χ1v) is 6.53. The van der Waals surface area contributed by atoms with Crippen molar-refractivity contribution >= 4 is 0 Å². The smallest absolute Gasteiger partial charge is 0.128 e. The van der Waals surface area contributed by atoms with Gasteiger partial charge in [-0.1, -0.05) is 13.8 Å². The Bertz CT molecular complexity index is 640. The monoisotopic (exact) mass is 272 g/mol. The minimum Gasteiger partial charge on any atom is -0.388 e. The number of nitrogens with zero attached hydrogens (tertiary/aromatic N) is 2. The van der Waals surface area contributed by atoms with E-state index in [1.165, 1.54) is 12.1 Å². The van der Waals surface area contributed by atoms with Crippen LogP contribution < -0.4 is 0 Å². The van der Waals surface area contributed by atoms with Crippen LogP contribution in [0.1, 0.15) is 36.6 Å². The summed E-state index contributed by atoms with van der Waals surface area (Å²) >= 11 is 0. The Morgan fingerprint density at radius 3 is 2.75 bits per heavy atom. The molecule has 1 heterocycles. The molecule has 2 rings (SSSR count). The molecular formula is C16H17FN2O. The molecule has 2 aromatic rings. The number of aliphatic hydroxyl groups is 1. The molecule has 0 fully saturated rings. The number of hydrogen-bond donors (Lipinski definition) is 1. The molecule has 104 valence electrons. The van der Waals surface area contributed by atoms with Crippen LogP contribution in [0.4, 0.5) is 4.39 Å². The van der Waals surface area contributed by atoms with Crippen LogP contribution in [0.5, 0.6) is 0 Å². The zero-order valence-corrected chi connectivity index (χ0v) is 11.5. The molecule has 4 heteroatoms. The number of hydrogen-bond acceptors (Lipinski definition) is 2. The van der Waals surface area contributed by atoms with Crippen LogP contribution in [0.3, 0.4) is 0 Å². The third kappa shape index (κ3) is 3.06. The molecule has 0 saturated carbocycles. The quantitative estimate of drug-likeness (QED) is 0.928. The molecule has 0 spiro atoms. The first-order chi connectivity index (χ1) is 9.51. The Morgan fingerprint density at radius 2 is 2.10 bits per heavy atom. The fourth-order valence-electron chi connectivity index (χ4n) is 2.08. The summed E-state index contributed by atoms with van der Waals surface area (Å²) in [6, 6.07) is 8.15. The standard InChI is InChI=1S/C16H17FN2O/c1-11(2)16(20)13-5-6-19(9-13)10-14-7-12(8-18)3-4-15(14)17/h3-7,9,11,16,20H,10H2,1-2H3. The Balaban J connectivity index is 2.21. The normalized spacial score (nSPS) is 12.4. The van der Waals surface area contributed by atoms with Gasteiger partial charge in [-0.25, -0.2) is 4.39 Å². The Morgan fingerprint density at radius 1 is 1.35 bits per heavy atom. The van der Waals surface area contributed by atoms with E-state index < -0.39 is 6.10 Å². The molecule has 20 heavy (non-hydrogen) atoms. The van der Waals surface area contributed by atoms with Gasteiger partial charge < -0.3 is 9.67 Å². The largest absolute Gasteiger partial charge is 0.388 e. The van der Waals surface area contributed by atoms with E-state index in [1.54, 1.807) is 16.8 Å². The van der Waals surface area contributed by atoms with Crippen LogP contribution in [0.25, 0.3) is 0 Å². The van der Waals surface area contributed by atoms with E-state index in [-0.39, 0.29) is 11.7 Å².